The van der Waals surface area contributed by atoms with Gasteiger partial charge in [-0.3, -0.25) is 0 Å². The van der Waals surface area contributed by atoms with E-state index in [-0.39, 0.29) is 0 Å². The van der Waals surface area contributed by atoms with Gasteiger partial charge in [-0.25, -0.2) is 0 Å². The first-order valence-electron chi connectivity index (χ1n) is 6.86. The summed E-state index contributed by atoms with van der Waals surface area (Å²) >= 11 is 8.11. The molecular formula is C17H17ClN2S. The second-order valence-electron chi connectivity index (χ2n) is 5.06. The maximum Gasteiger partial charge on any atom is 0.0511 e. The Balaban J connectivity index is 2.03. The van der Waals surface area contributed by atoms with Gasteiger partial charge in [0.15, 0.2) is 0 Å². The van der Waals surface area contributed by atoms with Crippen molar-refractivity contribution in [3.8, 4) is 0 Å². The summed E-state index contributed by atoms with van der Waals surface area (Å²) in [6.45, 7) is 2.98. The number of benzene rings is 2. The number of aromatic amines is 1. The van der Waals surface area contributed by atoms with Crippen molar-refractivity contribution >= 4 is 34.3 Å². The Hall–Kier alpha value is -1.42. The zero-order chi connectivity index (χ0) is 14.8. The van der Waals surface area contributed by atoms with Crippen molar-refractivity contribution < 1.29 is 0 Å². The third kappa shape index (κ3) is 2.95. The van der Waals surface area contributed by atoms with E-state index in [2.05, 4.69) is 41.5 Å². The predicted molar refractivity (Wildman–Crippen MR) is 91.4 cm³/mol. The van der Waals surface area contributed by atoms with Crippen molar-refractivity contribution in [2.45, 2.75) is 23.3 Å². The molecule has 1 heterocycles. The first kappa shape index (κ1) is 14.5. The minimum absolute atomic E-state index is 0.790. The first-order chi connectivity index (χ1) is 10.2. The van der Waals surface area contributed by atoms with Crippen LogP contribution in [-0.2, 0) is 6.54 Å². The highest BCUT2D eigenvalue weighted by molar-refractivity contribution is 7.99. The smallest absolute Gasteiger partial charge is 0.0511 e. The minimum atomic E-state index is 0.790. The van der Waals surface area contributed by atoms with Crippen LogP contribution in [0.4, 0.5) is 0 Å². The fourth-order valence-electron chi connectivity index (χ4n) is 2.45. The first-order valence-corrected chi connectivity index (χ1v) is 8.06. The van der Waals surface area contributed by atoms with Gasteiger partial charge in [-0.05, 0) is 37.7 Å². The molecular weight excluding hydrogens is 300 g/mol. The van der Waals surface area contributed by atoms with Crippen LogP contribution in [0.1, 0.15) is 11.1 Å². The van der Waals surface area contributed by atoms with Gasteiger partial charge in [0.2, 0.25) is 0 Å². The second-order valence-corrected chi connectivity index (χ2v) is 6.55. The lowest BCUT2D eigenvalue weighted by Crippen LogP contribution is -2.06. The highest BCUT2D eigenvalue weighted by atomic mass is 35.5. The number of fused-ring (bicyclic) bond motifs is 1. The lowest BCUT2D eigenvalue weighted by Gasteiger charge is -2.10. The van der Waals surface area contributed by atoms with Crippen LogP contribution in [0.3, 0.4) is 0 Å². The molecule has 2 aromatic carbocycles. The van der Waals surface area contributed by atoms with E-state index in [9.17, 15) is 0 Å². The molecule has 0 bridgehead atoms. The van der Waals surface area contributed by atoms with E-state index in [0.29, 0.717) is 0 Å². The number of hydrogen-bond acceptors (Lipinski definition) is 2. The maximum absolute atomic E-state index is 6.35. The summed E-state index contributed by atoms with van der Waals surface area (Å²) in [6.07, 6.45) is 2.03. The Kier molecular flexibility index (Phi) is 4.24. The average Bonchev–Trinajstić information content (AvgIpc) is 2.87. The fraction of sp³-hybridized carbons (Fsp3) is 0.176. The fourth-order valence-corrected chi connectivity index (χ4v) is 3.85. The van der Waals surface area contributed by atoms with E-state index < -0.39 is 0 Å². The SMILES string of the molecule is CNCc1cc(C)ccc1Sc1c[nH]c2cccc(Cl)c12. The molecule has 3 rings (SSSR count). The van der Waals surface area contributed by atoms with Crippen LogP contribution >= 0.6 is 23.4 Å². The summed E-state index contributed by atoms with van der Waals surface area (Å²) in [6, 6.07) is 12.5. The lowest BCUT2D eigenvalue weighted by molar-refractivity contribution is 0.802. The summed E-state index contributed by atoms with van der Waals surface area (Å²) in [5.74, 6) is 0. The minimum Gasteiger partial charge on any atom is -0.360 e. The number of aryl methyl sites for hydroxylation is 1. The monoisotopic (exact) mass is 316 g/mol. The van der Waals surface area contributed by atoms with Gasteiger partial charge in [-0.15, -0.1) is 0 Å². The molecule has 0 saturated heterocycles. The molecule has 0 radical (unpaired) electrons. The molecule has 108 valence electrons. The van der Waals surface area contributed by atoms with Gasteiger partial charge in [0, 0.05) is 33.4 Å². The van der Waals surface area contributed by atoms with Crippen molar-refractivity contribution in [1.29, 1.82) is 0 Å². The molecule has 0 fully saturated rings. The standard InChI is InChI=1S/C17H17ClN2S/c1-11-6-7-15(12(8-11)9-19-2)21-16-10-20-14-5-3-4-13(18)17(14)16/h3-8,10,19-20H,9H2,1-2H3. The van der Waals surface area contributed by atoms with Crippen LogP contribution in [0.15, 0.2) is 52.4 Å². The molecule has 2 N–H and O–H groups in total. The van der Waals surface area contributed by atoms with Gasteiger partial charge >= 0.3 is 0 Å². The summed E-state index contributed by atoms with van der Waals surface area (Å²) < 4.78 is 0. The van der Waals surface area contributed by atoms with Crippen molar-refractivity contribution in [1.82, 2.24) is 10.3 Å². The highest BCUT2D eigenvalue weighted by Crippen LogP contribution is 2.38. The van der Waals surface area contributed by atoms with Crippen molar-refractivity contribution in [2.24, 2.45) is 0 Å². The van der Waals surface area contributed by atoms with E-state index in [1.807, 2.05) is 25.4 Å². The maximum atomic E-state index is 6.35. The third-order valence-corrected chi connectivity index (χ3v) is 4.90. The molecule has 4 heteroatoms. The quantitative estimate of drug-likeness (QED) is 0.709. The molecule has 1 aromatic heterocycles. The van der Waals surface area contributed by atoms with Crippen LogP contribution in [0.25, 0.3) is 10.9 Å². The van der Waals surface area contributed by atoms with Gasteiger partial charge in [0.25, 0.3) is 0 Å². The largest absolute Gasteiger partial charge is 0.360 e. The predicted octanol–water partition coefficient (Wildman–Crippen LogP) is 5.00. The van der Waals surface area contributed by atoms with Crippen molar-refractivity contribution in [3.63, 3.8) is 0 Å². The van der Waals surface area contributed by atoms with Crippen molar-refractivity contribution in [2.75, 3.05) is 7.05 Å². The number of H-pyrrole nitrogens is 1. The van der Waals surface area contributed by atoms with Crippen LogP contribution in [0, 0.1) is 6.92 Å². The van der Waals surface area contributed by atoms with Gasteiger partial charge in [-0.2, -0.15) is 0 Å². The number of halogens is 1. The van der Waals surface area contributed by atoms with Crippen LogP contribution < -0.4 is 5.32 Å². The number of nitrogens with one attached hydrogen (secondary N) is 2. The summed E-state index contributed by atoms with van der Waals surface area (Å²) in [5.41, 5.74) is 3.66. The van der Waals surface area contributed by atoms with Crippen LogP contribution in [0.2, 0.25) is 5.02 Å². The summed E-state index contributed by atoms with van der Waals surface area (Å²) in [5, 5.41) is 5.12. The molecule has 0 amide bonds. The molecule has 0 aliphatic rings. The topological polar surface area (TPSA) is 27.8 Å². The van der Waals surface area contributed by atoms with Crippen LogP contribution in [0.5, 0.6) is 0 Å². The molecule has 0 unspecified atom stereocenters. The Labute approximate surface area is 133 Å². The molecule has 2 nitrogen and oxygen atoms in total. The van der Waals surface area contributed by atoms with E-state index in [0.717, 1.165) is 27.4 Å². The molecule has 0 saturated carbocycles. The number of aromatic nitrogens is 1. The Morgan fingerprint density at radius 2 is 2.05 bits per heavy atom. The zero-order valence-corrected chi connectivity index (χ0v) is 13.6. The third-order valence-electron chi connectivity index (χ3n) is 3.42. The molecule has 0 spiro atoms. The summed E-state index contributed by atoms with van der Waals surface area (Å²) in [7, 11) is 1.97. The van der Waals surface area contributed by atoms with Crippen LogP contribution in [-0.4, -0.2) is 12.0 Å². The Morgan fingerprint density at radius 3 is 2.86 bits per heavy atom. The van der Waals surface area contributed by atoms with Gasteiger partial charge in [-0.1, -0.05) is 47.1 Å². The Morgan fingerprint density at radius 1 is 1.19 bits per heavy atom. The zero-order valence-electron chi connectivity index (χ0n) is 12.0. The van der Waals surface area contributed by atoms with Crippen molar-refractivity contribution in [3.05, 3.63) is 58.7 Å². The molecule has 0 aliphatic heterocycles. The second kappa shape index (κ2) is 6.14. The lowest BCUT2D eigenvalue weighted by atomic mass is 10.1. The molecule has 3 aromatic rings. The van der Waals surface area contributed by atoms with E-state index in [4.69, 9.17) is 11.6 Å². The Bertz CT molecular complexity index is 780. The van der Waals surface area contributed by atoms with Gasteiger partial charge in [0.1, 0.15) is 0 Å². The van der Waals surface area contributed by atoms with E-state index >= 15 is 0 Å². The molecule has 0 aliphatic carbocycles. The number of hydrogen-bond donors (Lipinski definition) is 2. The van der Waals surface area contributed by atoms with E-state index in [1.54, 1.807) is 11.8 Å². The molecule has 0 atom stereocenters. The average molecular weight is 317 g/mol. The van der Waals surface area contributed by atoms with Gasteiger partial charge < -0.3 is 10.3 Å². The van der Waals surface area contributed by atoms with Gasteiger partial charge in [0.05, 0.1) is 5.02 Å². The molecule has 21 heavy (non-hydrogen) atoms. The highest BCUT2D eigenvalue weighted by Gasteiger charge is 2.11. The summed E-state index contributed by atoms with van der Waals surface area (Å²) in [4.78, 5) is 5.71. The normalized spacial score (nSPS) is 11.2. The van der Waals surface area contributed by atoms with E-state index in [1.165, 1.54) is 16.0 Å². The number of rotatable bonds is 4.